The summed E-state index contributed by atoms with van der Waals surface area (Å²) in [6.45, 7) is 0.588. The molecule has 0 radical (unpaired) electrons. The van der Waals surface area contributed by atoms with Crippen LogP contribution in [0.4, 0.5) is 11.4 Å². The number of nitro groups is 1. The average Bonchev–Trinajstić information content (AvgIpc) is 2.61. The van der Waals surface area contributed by atoms with Crippen molar-refractivity contribution in [1.29, 1.82) is 0 Å². The van der Waals surface area contributed by atoms with E-state index in [9.17, 15) is 14.9 Å². The van der Waals surface area contributed by atoms with E-state index in [2.05, 4.69) is 5.32 Å². The summed E-state index contributed by atoms with van der Waals surface area (Å²) >= 11 is 0. The summed E-state index contributed by atoms with van der Waals surface area (Å²) in [5.74, 6) is 0.915. The smallest absolute Gasteiger partial charge is 0.292 e. The van der Waals surface area contributed by atoms with Gasteiger partial charge in [-0.3, -0.25) is 19.8 Å². The second-order valence-electron chi connectivity index (χ2n) is 5.68. The van der Waals surface area contributed by atoms with Gasteiger partial charge < -0.3 is 14.8 Å². The Balaban J connectivity index is 1.99. The van der Waals surface area contributed by atoms with Crippen LogP contribution in [-0.4, -0.2) is 43.5 Å². The van der Waals surface area contributed by atoms with Gasteiger partial charge in [-0.05, 0) is 30.8 Å². The molecule has 1 N–H and O–H groups in total. The highest BCUT2D eigenvalue weighted by Gasteiger charge is 2.16. The fourth-order valence-corrected chi connectivity index (χ4v) is 2.52. The van der Waals surface area contributed by atoms with Gasteiger partial charge in [0.2, 0.25) is 5.91 Å². The third-order valence-corrected chi connectivity index (χ3v) is 3.69. The first kappa shape index (κ1) is 19.2. The van der Waals surface area contributed by atoms with Crippen molar-refractivity contribution >= 4 is 17.3 Å². The highest BCUT2D eigenvalue weighted by atomic mass is 16.6. The minimum absolute atomic E-state index is 0.0837. The number of para-hydroxylation sites is 2. The lowest BCUT2D eigenvalue weighted by molar-refractivity contribution is -0.383. The summed E-state index contributed by atoms with van der Waals surface area (Å²) < 4.78 is 10.5. The topological polar surface area (TPSA) is 93.9 Å². The maximum atomic E-state index is 12.2. The summed E-state index contributed by atoms with van der Waals surface area (Å²) in [4.78, 5) is 24.5. The first-order valence-electron chi connectivity index (χ1n) is 7.87. The molecule has 8 nitrogen and oxygen atoms in total. The minimum atomic E-state index is -0.525. The van der Waals surface area contributed by atoms with Gasteiger partial charge >= 0.3 is 0 Å². The zero-order valence-electron chi connectivity index (χ0n) is 14.9. The van der Waals surface area contributed by atoms with Crippen LogP contribution in [-0.2, 0) is 11.3 Å². The van der Waals surface area contributed by atoms with Crippen LogP contribution in [0, 0.1) is 10.1 Å². The molecule has 0 heterocycles. The van der Waals surface area contributed by atoms with Crippen molar-refractivity contribution in [2.75, 3.05) is 33.1 Å². The summed E-state index contributed by atoms with van der Waals surface area (Å²) in [6.07, 6.45) is 0. The Bertz CT molecular complexity index is 794. The quantitative estimate of drug-likeness (QED) is 0.575. The second kappa shape index (κ2) is 8.82. The number of nitrogens with zero attached hydrogens (tertiary/aromatic N) is 2. The molecule has 138 valence electrons. The van der Waals surface area contributed by atoms with E-state index in [0.29, 0.717) is 18.0 Å². The van der Waals surface area contributed by atoms with Crippen molar-refractivity contribution in [3.05, 3.63) is 58.1 Å². The number of nitrogens with one attached hydrogen (secondary N) is 1. The third-order valence-electron chi connectivity index (χ3n) is 3.69. The minimum Gasteiger partial charge on any atom is -0.493 e. The van der Waals surface area contributed by atoms with E-state index in [1.54, 1.807) is 44.4 Å². The molecule has 0 unspecified atom stereocenters. The van der Waals surface area contributed by atoms with E-state index in [0.717, 1.165) is 5.56 Å². The van der Waals surface area contributed by atoms with E-state index in [1.165, 1.54) is 12.1 Å². The molecule has 2 aromatic rings. The molecule has 0 aliphatic heterocycles. The van der Waals surface area contributed by atoms with Gasteiger partial charge in [0.15, 0.2) is 11.5 Å². The molecule has 0 saturated carbocycles. The predicted molar refractivity (Wildman–Crippen MR) is 97.6 cm³/mol. The van der Waals surface area contributed by atoms with Gasteiger partial charge in [-0.1, -0.05) is 18.2 Å². The van der Waals surface area contributed by atoms with Crippen molar-refractivity contribution < 1.29 is 19.2 Å². The molecule has 0 fully saturated rings. The van der Waals surface area contributed by atoms with Crippen molar-refractivity contribution in [1.82, 2.24) is 4.90 Å². The van der Waals surface area contributed by atoms with Crippen LogP contribution in [0.15, 0.2) is 42.5 Å². The zero-order chi connectivity index (χ0) is 19.1. The monoisotopic (exact) mass is 359 g/mol. The lowest BCUT2D eigenvalue weighted by Crippen LogP contribution is -2.30. The van der Waals surface area contributed by atoms with Gasteiger partial charge in [0.05, 0.1) is 25.7 Å². The van der Waals surface area contributed by atoms with Crippen molar-refractivity contribution in [2.24, 2.45) is 0 Å². The molecule has 2 rings (SSSR count). The van der Waals surface area contributed by atoms with Crippen LogP contribution in [0.2, 0.25) is 0 Å². The Labute approximate surface area is 151 Å². The summed E-state index contributed by atoms with van der Waals surface area (Å²) in [6, 6.07) is 11.6. The molecule has 8 heteroatoms. The average molecular weight is 359 g/mol. The highest BCUT2D eigenvalue weighted by Crippen LogP contribution is 2.28. The van der Waals surface area contributed by atoms with Crippen LogP contribution in [0.5, 0.6) is 11.5 Å². The zero-order valence-corrected chi connectivity index (χ0v) is 14.9. The number of benzene rings is 2. The van der Waals surface area contributed by atoms with Crippen molar-refractivity contribution in [3.63, 3.8) is 0 Å². The number of hydrogen-bond acceptors (Lipinski definition) is 6. The molecule has 0 aromatic heterocycles. The SMILES string of the molecule is COc1ccc(CN(C)CC(=O)Nc2ccccc2[N+](=O)[O-])cc1OC. The maximum absolute atomic E-state index is 12.2. The van der Waals surface area contributed by atoms with Crippen LogP contribution in [0.1, 0.15) is 5.56 Å². The Morgan fingerprint density at radius 2 is 1.85 bits per heavy atom. The summed E-state index contributed by atoms with van der Waals surface area (Å²) in [5.41, 5.74) is 0.994. The summed E-state index contributed by atoms with van der Waals surface area (Å²) in [7, 11) is 4.91. The van der Waals surface area contributed by atoms with E-state index in [4.69, 9.17) is 9.47 Å². The number of methoxy groups -OCH3 is 2. The number of hydrogen-bond donors (Lipinski definition) is 1. The molecule has 1 amide bonds. The highest BCUT2D eigenvalue weighted by molar-refractivity contribution is 5.94. The lowest BCUT2D eigenvalue weighted by atomic mass is 10.2. The molecule has 26 heavy (non-hydrogen) atoms. The van der Waals surface area contributed by atoms with E-state index in [1.807, 2.05) is 12.1 Å². The van der Waals surface area contributed by atoms with E-state index in [-0.39, 0.29) is 23.8 Å². The number of rotatable bonds is 8. The van der Waals surface area contributed by atoms with Crippen LogP contribution in [0.3, 0.4) is 0 Å². The Hall–Kier alpha value is -3.13. The van der Waals surface area contributed by atoms with Gasteiger partial charge in [-0.25, -0.2) is 0 Å². The molecule has 0 atom stereocenters. The standard InChI is InChI=1S/C18H21N3O5/c1-20(11-13-8-9-16(25-2)17(10-13)26-3)12-18(22)19-14-6-4-5-7-15(14)21(23)24/h4-10H,11-12H2,1-3H3,(H,19,22). The van der Waals surface area contributed by atoms with Gasteiger partial charge in [-0.2, -0.15) is 0 Å². The van der Waals surface area contributed by atoms with Crippen molar-refractivity contribution in [3.8, 4) is 11.5 Å². The van der Waals surface area contributed by atoms with Gasteiger partial charge in [0.1, 0.15) is 5.69 Å². The Morgan fingerprint density at radius 1 is 1.15 bits per heavy atom. The lowest BCUT2D eigenvalue weighted by Gasteiger charge is -2.17. The second-order valence-corrected chi connectivity index (χ2v) is 5.68. The fraction of sp³-hybridized carbons (Fsp3) is 0.278. The van der Waals surface area contributed by atoms with Crippen LogP contribution in [0.25, 0.3) is 0 Å². The molecule has 0 aliphatic rings. The maximum Gasteiger partial charge on any atom is 0.292 e. The molecule has 0 saturated heterocycles. The number of carbonyl (C=O) groups is 1. The van der Waals surface area contributed by atoms with Crippen LogP contribution < -0.4 is 14.8 Å². The number of ether oxygens (including phenoxy) is 2. The molecular weight excluding hydrogens is 338 g/mol. The molecule has 2 aromatic carbocycles. The predicted octanol–water partition coefficient (Wildman–Crippen LogP) is 2.68. The van der Waals surface area contributed by atoms with Gasteiger partial charge in [0.25, 0.3) is 5.69 Å². The number of anilines is 1. The van der Waals surface area contributed by atoms with Crippen LogP contribution >= 0.6 is 0 Å². The Morgan fingerprint density at radius 3 is 2.50 bits per heavy atom. The molecule has 0 spiro atoms. The normalized spacial score (nSPS) is 10.5. The fourth-order valence-electron chi connectivity index (χ4n) is 2.52. The molecule has 0 bridgehead atoms. The molecular formula is C18H21N3O5. The van der Waals surface area contributed by atoms with Crippen molar-refractivity contribution in [2.45, 2.75) is 6.54 Å². The number of nitro benzene ring substituents is 1. The number of likely N-dealkylation sites (N-methyl/N-ethyl adjacent to an activating group) is 1. The summed E-state index contributed by atoms with van der Waals surface area (Å²) in [5, 5.41) is 13.6. The van der Waals surface area contributed by atoms with Gasteiger partial charge in [0, 0.05) is 12.6 Å². The first-order valence-corrected chi connectivity index (χ1v) is 7.87. The Kier molecular flexibility index (Phi) is 6.51. The van der Waals surface area contributed by atoms with Gasteiger partial charge in [-0.15, -0.1) is 0 Å². The van der Waals surface area contributed by atoms with E-state index >= 15 is 0 Å². The number of amides is 1. The number of carbonyl (C=O) groups excluding carboxylic acids is 1. The van der Waals surface area contributed by atoms with E-state index < -0.39 is 4.92 Å². The first-order chi connectivity index (χ1) is 12.4. The largest absolute Gasteiger partial charge is 0.493 e. The third kappa shape index (κ3) is 4.93. The molecule has 0 aliphatic carbocycles.